The lowest BCUT2D eigenvalue weighted by Gasteiger charge is -2.44. The Kier molecular flexibility index (Phi) is 16.7. The predicted molar refractivity (Wildman–Crippen MR) is 250 cm³/mol. The van der Waals surface area contributed by atoms with Crippen LogP contribution in [0.3, 0.4) is 0 Å². The predicted octanol–water partition coefficient (Wildman–Crippen LogP) is 5.57. The Labute approximate surface area is 375 Å². The highest BCUT2D eigenvalue weighted by molar-refractivity contribution is 6.74. The lowest BCUT2D eigenvalue weighted by atomic mass is 9.98. The molecule has 0 saturated carbocycles. The van der Waals surface area contributed by atoms with E-state index in [0.717, 1.165) is 11.3 Å². The van der Waals surface area contributed by atoms with Gasteiger partial charge in [-0.2, -0.15) is 0 Å². The summed E-state index contributed by atoms with van der Waals surface area (Å²) in [4.78, 5) is 70.6. The first kappa shape index (κ1) is 52.0. The number of hydrogen-bond acceptors (Lipinski definition) is 11. The van der Waals surface area contributed by atoms with Gasteiger partial charge in [0, 0.05) is 31.0 Å². The molecule has 1 aromatic heterocycles. The summed E-state index contributed by atoms with van der Waals surface area (Å²) in [6, 6.07) is 6.84. The molecule has 63 heavy (non-hydrogen) atoms. The summed E-state index contributed by atoms with van der Waals surface area (Å²) < 4.78 is 27.8. The summed E-state index contributed by atoms with van der Waals surface area (Å²) >= 11 is 0. The molecule has 354 valence electrons. The number of alkyl carbamates (subject to hydrolysis) is 1. The van der Waals surface area contributed by atoms with Gasteiger partial charge in [0.1, 0.15) is 42.1 Å². The molecular formula is C45H76N6O10Si2. The van der Waals surface area contributed by atoms with Crippen LogP contribution in [0.4, 0.5) is 10.5 Å². The largest absolute Gasteiger partial charge is 0.444 e. The van der Waals surface area contributed by atoms with Crippen molar-refractivity contribution in [2.75, 3.05) is 24.5 Å². The third-order valence-corrected chi connectivity index (χ3v) is 21.6. The van der Waals surface area contributed by atoms with Gasteiger partial charge in [0.25, 0.3) is 5.56 Å². The van der Waals surface area contributed by atoms with E-state index in [1.54, 1.807) is 25.7 Å². The average molecular weight is 917 g/mol. The van der Waals surface area contributed by atoms with E-state index in [9.17, 15) is 29.1 Å². The zero-order valence-electron chi connectivity index (χ0n) is 40.3. The highest BCUT2D eigenvalue weighted by Crippen LogP contribution is 2.46. The van der Waals surface area contributed by atoms with Gasteiger partial charge in [0.2, 0.25) is 11.8 Å². The number of nitrogens with zero attached hydrogens (tertiary/aromatic N) is 2. The topological polar surface area (TPSA) is 203 Å². The third kappa shape index (κ3) is 13.2. The van der Waals surface area contributed by atoms with Crippen molar-refractivity contribution in [1.82, 2.24) is 25.5 Å². The molecule has 2 aliphatic rings. The average Bonchev–Trinajstić information content (AvgIpc) is 3.71. The number of nitrogens with one attached hydrogen (secondary N) is 4. The van der Waals surface area contributed by atoms with E-state index in [4.69, 9.17) is 18.3 Å². The number of amides is 3. The Morgan fingerprint density at radius 3 is 2.08 bits per heavy atom. The zero-order chi connectivity index (χ0) is 47.5. The van der Waals surface area contributed by atoms with Gasteiger partial charge in [-0.15, -0.1) is 0 Å². The molecule has 0 radical (unpaired) electrons. The number of aromatic amines is 1. The second kappa shape index (κ2) is 20.2. The Bertz CT molecular complexity index is 2020. The summed E-state index contributed by atoms with van der Waals surface area (Å²) in [5, 5.41) is 21.1. The zero-order valence-corrected chi connectivity index (χ0v) is 42.3. The molecule has 4 rings (SSSR count). The number of aromatic nitrogens is 2. The lowest BCUT2D eigenvalue weighted by Crippen LogP contribution is -2.60. The fraction of sp³-hybridized carbons (Fsp3) is 0.711. The Hall–Kier alpha value is -3.66. The molecule has 0 spiro atoms. The van der Waals surface area contributed by atoms with Gasteiger partial charge in [-0.1, -0.05) is 73.6 Å². The minimum Gasteiger partial charge on any atom is -0.444 e. The minimum atomic E-state index is -2.69. The van der Waals surface area contributed by atoms with Crippen LogP contribution in [0.2, 0.25) is 36.3 Å². The second-order valence-corrected chi connectivity index (χ2v) is 31.0. The highest BCUT2D eigenvalue weighted by atomic mass is 28.4. The van der Waals surface area contributed by atoms with Gasteiger partial charge < -0.3 is 44.3 Å². The van der Waals surface area contributed by atoms with Gasteiger partial charge >= 0.3 is 11.8 Å². The smallest absolute Gasteiger partial charge is 0.408 e. The highest BCUT2D eigenvalue weighted by Gasteiger charge is 2.57. The third-order valence-electron chi connectivity index (χ3n) is 12.7. The molecule has 0 bridgehead atoms. The van der Waals surface area contributed by atoms with Crippen molar-refractivity contribution in [3.8, 4) is 0 Å². The van der Waals surface area contributed by atoms with E-state index in [1.807, 2.05) is 38.1 Å². The lowest BCUT2D eigenvalue weighted by molar-refractivity contribution is -0.131. The quantitative estimate of drug-likeness (QED) is 0.0982. The SMILES string of the molecule is CC(C)C[C@H](NC(=O)OC(C)(C)C)C(=O)NCCCN[C@H](C(=O)N1CCc2ccccc21)[C@@H](O)[C@H]1O[C@@H](n2ccc(=O)[nH]c2=O)[C@H](O[Si](C)(C)C(C)(C)C)[C@@H]1O[Si](C)(C)C(C)(C)C. The van der Waals surface area contributed by atoms with Crippen molar-refractivity contribution in [1.29, 1.82) is 0 Å². The normalized spacial score (nSPS) is 21.2. The maximum Gasteiger partial charge on any atom is 0.408 e. The van der Waals surface area contributed by atoms with E-state index < -0.39 is 82.3 Å². The number of anilines is 1. The number of para-hydroxylation sites is 1. The van der Waals surface area contributed by atoms with E-state index in [-0.39, 0.29) is 40.9 Å². The summed E-state index contributed by atoms with van der Waals surface area (Å²) in [7, 11) is -5.34. The van der Waals surface area contributed by atoms with Crippen molar-refractivity contribution in [3.63, 3.8) is 0 Å². The van der Waals surface area contributed by atoms with Crippen molar-refractivity contribution in [2.45, 2.75) is 180 Å². The van der Waals surface area contributed by atoms with Crippen LogP contribution in [0, 0.1) is 5.92 Å². The number of carbonyl (C=O) groups excluding carboxylic acids is 3. The number of hydrogen-bond donors (Lipinski definition) is 5. The fourth-order valence-electron chi connectivity index (χ4n) is 7.20. The number of rotatable bonds is 17. The Morgan fingerprint density at radius 1 is 0.905 bits per heavy atom. The van der Waals surface area contributed by atoms with Gasteiger partial charge in [0.05, 0.1) is 0 Å². The molecule has 3 heterocycles. The van der Waals surface area contributed by atoms with Crippen LogP contribution in [0.5, 0.6) is 0 Å². The number of fused-ring (bicyclic) bond motifs is 1. The molecule has 2 aliphatic heterocycles. The van der Waals surface area contributed by atoms with Crippen LogP contribution in [0.25, 0.3) is 0 Å². The first-order chi connectivity index (χ1) is 28.9. The summed E-state index contributed by atoms with van der Waals surface area (Å²) in [6.07, 6.45) is -3.64. The van der Waals surface area contributed by atoms with Crippen molar-refractivity contribution in [2.24, 2.45) is 5.92 Å². The summed E-state index contributed by atoms with van der Waals surface area (Å²) in [5.74, 6) is -0.633. The Morgan fingerprint density at radius 2 is 1.51 bits per heavy atom. The molecule has 1 fully saturated rings. The van der Waals surface area contributed by atoms with E-state index in [0.29, 0.717) is 25.8 Å². The molecule has 16 nitrogen and oxygen atoms in total. The van der Waals surface area contributed by atoms with Gasteiger partial charge in [-0.3, -0.25) is 23.9 Å². The number of benzene rings is 1. The number of carbonyl (C=O) groups is 3. The minimum absolute atomic E-state index is 0.109. The molecular weight excluding hydrogens is 841 g/mol. The van der Waals surface area contributed by atoms with Gasteiger partial charge in [0.15, 0.2) is 22.9 Å². The van der Waals surface area contributed by atoms with Crippen molar-refractivity contribution >= 4 is 40.2 Å². The summed E-state index contributed by atoms with van der Waals surface area (Å²) in [6.45, 7) is 30.9. The maximum absolute atomic E-state index is 14.9. The number of ether oxygens (including phenoxy) is 2. The molecule has 1 saturated heterocycles. The van der Waals surface area contributed by atoms with Crippen LogP contribution in [0.15, 0.2) is 46.1 Å². The number of H-pyrrole nitrogens is 1. The van der Waals surface area contributed by atoms with Gasteiger partial charge in [-0.05, 0) is 100 Å². The van der Waals surface area contributed by atoms with Crippen LogP contribution in [-0.4, -0.2) is 111 Å². The molecule has 18 heteroatoms. The fourth-order valence-corrected chi connectivity index (χ4v) is 9.78. The number of aliphatic hydroxyl groups is 1. The first-order valence-corrected chi connectivity index (χ1v) is 28.2. The van der Waals surface area contributed by atoms with Crippen molar-refractivity contribution in [3.05, 3.63) is 62.9 Å². The molecule has 5 N–H and O–H groups in total. The van der Waals surface area contributed by atoms with Gasteiger partial charge in [-0.25, -0.2) is 9.59 Å². The Balaban J connectivity index is 1.71. The second-order valence-electron chi connectivity index (χ2n) is 21.5. The summed E-state index contributed by atoms with van der Waals surface area (Å²) in [5.41, 5.74) is -0.260. The van der Waals surface area contributed by atoms with Crippen LogP contribution in [0.1, 0.15) is 101 Å². The van der Waals surface area contributed by atoms with E-state index in [1.165, 1.54) is 16.8 Å². The van der Waals surface area contributed by atoms with E-state index >= 15 is 0 Å². The van der Waals surface area contributed by atoms with Crippen molar-refractivity contribution < 1.29 is 37.8 Å². The van der Waals surface area contributed by atoms with Crippen LogP contribution < -0.4 is 32.1 Å². The maximum atomic E-state index is 14.9. The first-order valence-electron chi connectivity index (χ1n) is 22.3. The molecule has 0 aliphatic carbocycles. The molecule has 3 amide bonds. The van der Waals surface area contributed by atoms with Crippen LogP contribution >= 0.6 is 0 Å². The molecule has 2 aromatic rings. The standard InChI is InChI=1S/C45H76N6O10Si2/c1-28(2)27-30(48-42(57)59-43(3,4)5)38(54)47-24-18-23-46-33(39(55)50-25-21-29-19-16-17-20-31(29)50)34(53)35-36(60-62(12,13)44(6,7)8)37(61-63(14,15)45(9,10)11)40(58-35)51-26-22-32(52)49-41(51)56/h16-17,19-20,22,26,28,30,33-37,40,46,53H,18,21,23-25,27H2,1-15H3,(H,47,54)(H,48,57)(H,49,52,56)/t30-,33-,34+,35+,36+,37+,40+/m0/s1. The monoisotopic (exact) mass is 917 g/mol. The number of aliphatic hydroxyl groups excluding tert-OH is 1. The molecule has 0 unspecified atom stereocenters. The molecule has 1 aromatic carbocycles. The van der Waals surface area contributed by atoms with E-state index in [2.05, 4.69) is 88.7 Å². The molecule has 7 atom stereocenters. The van der Waals surface area contributed by atoms with Crippen LogP contribution in [-0.2, 0) is 34.3 Å².